The number of aliphatic imine (C=N–C) groups is 1. The standard InChI is InChI=1S/C19H30N6O/c1-6-20-18(22-12-17-23-13-24-25(17)5)21-11-16(26)14-7-9-15(10-8-14)19(2,3)4/h7-10,13,16,26H,6,11-12H2,1-5H3,(H2,20,21,22). The fourth-order valence-corrected chi connectivity index (χ4v) is 2.47. The van der Waals surface area contributed by atoms with Gasteiger partial charge >= 0.3 is 0 Å². The Morgan fingerprint density at radius 2 is 1.92 bits per heavy atom. The lowest BCUT2D eigenvalue weighted by Gasteiger charge is -2.20. The molecule has 1 atom stereocenters. The Balaban J connectivity index is 1.96. The number of nitrogens with one attached hydrogen (secondary N) is 2. The molecule has 1 unspecified atom stereocenters. The van der Waals surface area contributed by atoms with Crippen LogP contribution >= 0.6 is 0 Å². The van der Waals surface area contributed by atoms with Crippen LogP contribution in [0.2, 0.25) is 0 Å². The summed E-state index contributed by atoms with van der Waals surface area (Å²) in [5, 5.41) is 20.8. The molecule has 0 aliphatic carbocycles. The zero-order valence-electron chi connectivity index (χ0n) is 16.3. The van der Waals surface area contributed by atoms with E-state index in [1.165, 1.54) is 11.9 Å². The van der Waals surface area contributed by atoms with Crippen molar-refractivity contribution < 1.29 is 5.11 Å². The van der Waals surface area contributed by atoms with Gasteiger partial charge in [0.1, 0.15) is 18.7 Å². The van der Waals surface area contributed by atoms with Crippen LogP contribution in [-0.2, 0) is 19.0 Å². The smallest absolute Gasteiger partial charge is 0.191 e. The van der Waals surface area contributed by atoms with Crippen molar-refractivity contribution in [3.05, 3.63) is 47.5 Å². The molecule has 0 saturated carbocycles. The number of aryl methyl sites for hydroxylation is 1. The van der Waals surface area contributed by atoms with Gasteiger partial charge in [0.25, 0.3) is 0 Å². The second-order valence-corrected chi connectivity index (χ2v) is 7.26. The Bertz CT molecular complexity index is 714. The lowest BCUT2D eigenvalue weighted by Crippen LogP contribution is -2.39. The average molecular weight is 358 g/mol. The molecule has 0 radical (unpaired) electrons. The minimum Gasteiger partial charge on any atom is -0.387 e. The topological polar surface area (TPSA) is 87.4 Å². The van der Waals surface area contributed by atoms with E-state index in [1.807, 2.05) is 26.1 Å². The maximum atomic E-state index is 10.5. The van der Waals surface area contributed by atoms with Gasteiger partial charge in [0, 0.05) is 20.1 Å². The van der Waals surface area contributed by atoms with Crippen LogP contribution in [0.5, 0.6) is 0 Å². The first-order chi connectivity index (χ1) is 12.3. The number of aromatic nitrogens is 3. The van der Waals surface area contributed by atoms with Crippen molar-refractivity contribution in [2.24, 2.45) is 12.0 Å². The highest BCUT2D eigenvalue weighted by atomic mass is 16.3. The van der Waals surface area contributed by atoms with E-state index in [0.717, 1.165) is 17.9 Å². The molecule has 7 nitrogen and oxygen atoms in total. The largest absolute Gasteiger partial charge is 0.387 e. The van der Waals surface area contributed by atoms with Gasteiger partial charge in [-0.2, -0.15) is 5.10 Å². The molecule has 7 heteroatoms. The molecular weight excluding hydrogens is 328 g/mol. The first kappa shape index (κ1) is 19.9. The Kier molecular flexibility index (Phi) is 6.74. The summed E-state index contributed by atoms with van der Waals surface area (Å²) in [4.78, 5) is 8.65. The van der Waals surface area contributed by atoms with Crippen LogP contribution in [-0.4, -0.2) is 38.9 Å². The highest BCUT2D eigenvalue weighted by Crippen LogP contribution is 2.23. The number of guanidine groups is 1. The zero-order chi connectivity index (χ0) is 19.2. The van der Waals surface area contributed by atoms with Crippen LogP contribution in [0.4, 0.5) is 0 Å². The second kappa shape index (κ2) is 8.80. The van der Waals surface area contributed by atoms with Gasteiger partial charge in [0.15, 0.2) is 5.96 Å². The van der Waals surface area contributed by atoms with Gasteiger partial charge in [-0.1, -0.05) is 45.0 Å². The van der Waals surface area contributed by atoms with Crippen molar-refractivity contribution in [3.63, 3.8) is 0 Å². The molecule has 0 spiro atoms. The van der Waals surface area contributed by atoms with E-state index < -0.39 is 6.10 Å². The molecular formula is C19H30N6O. The summed E-state index contributed by atoms with van der Waals surface area (Å²) in [7, 11) is 1.84. The van der Waals surface area contributed by atoms with Gasteiger partial charge in [0.05, 0.1) is 6.10 Å². The van der Waals surface area contributed by atoms with Crippen molar-refractivity contribution in [1.29, 1.82) is 0 Å². The second-order valence-electron chi connectivity index (χ2n) is 7.26. The van der Waals surface area contributed by atoms with Crippen LogP contribution in [0.1, 0.15) is 50.8 Å². The Hall–Kier alpha value is -2.41. The van der Waals surface area contributed by atoms with Crippen LogP contribution in [0.15, 0.2) is 35.6 Å². The molecule has 2 aromatic rings. The molecule has 0 aliphatic heterocycles. The predicted molar refractivity (Wildman–Crippen MR) is 104 cm³/mol. The number of hydrogen-bond donors (Lipinski definition) is 3. The Morgan fingerprint density at radius 1 is 1.23 bits per heavy atom. The molecule has 0 bridgehead atoms. The number of aliphatic hydroxyl groups excluding tert-OH is 1. The first-order valence-corrected chi connectivity index (χ1v) is 8.94. The van der Waals surface area contributed by atoms with Crippen molar-refractivity contribution in [2.45, 2.75) is 45.8 Å². The third-order valence-electron chi connectivity index (χ3n) is 4.15. The van der Waals surface area contributed by atoms with Crippen molar-refractivity contribution in [1.82, 2.24) is 25.4 Å². The van der Waals surface area contributed by atoms with Crippen LogP contribution in [0.25, 0.3) is 0 Å². The van der Waals surface area contributed by atoms with Crippen molar-refractivity contribution in [2.75, 3.05) is 13.1 Å². The molecule has 1 heterocycles. The number of benzene rings is 1. The monoisotopic (exact) mass is 358 g/mol. The maximum absolute atomic E-state index is 10.5. The molecule has 1 aromatic carbocycles. The molecule has 0 aliphatic rings. The number of nitrogens with zero attached hydrogens (tertiary/aromatic N) is 4. The molecule has 3 N–H and O–H groups in total. The first-order valence-electron chi connectivity index (χ1n) is 8.94. The summed E-state index contributed by atoms with van der Waals surface area (Å²) >= 11 is 0. The molecule has 26 heavy (non-hydrogen) atoms. The molecule has 0 fully saturated rings. The number of aliphatic hydroxyl groups is 1. The van der Waals surface area contributed by atoms with E-state index in [1.54, 1.807) is 4.68 Å². The van der Waals surface area contributed by atoms with E-state index in [9.17, 15) is 5.11 Å². The molecule has 2 rings (SSSR count). The Labute approximate surface area is 155 Å². The third-order valence-corrected chi connectivity index (χ3v) is 4.15. The predicted octanol–water partition coefficient (Wildman–Crippen LogP) is 1.90. The van der Waals surface area contributed by atoms with Crippen molar-refractivity contribution in [3.8, 4) is 0 Å². The number of rotatable bonds is 6. The van der Waals surface area contributed by atoms with E-state index >= 15 is 0 Å². The summed E-state index contributed by atoms with van der Waals surface area (Å²) in [6, 6.07) is 8.12. The fourth-order valence-electron chi connectivity index (χ4n) is 2.47. The quantitative estimate of drug-likeness (QED) is 0.542. The summed E-state index contributed by atoms with van der Waals surface area (Å²) in [5.74, 6) is 1.42. The van der Waals surface area contributed by atoms with Gasteiger partial charge < -0.3 is 15.7 Å². The zero-order valence-corrected chi connectivity index (χ0v) is 16.3. The highest BCUT2D eigenvalue weighted by Gasteiger charge is 2.15. The summed E-state index contributed by atoms with van der Waals surface area (Å²) in [6.45, 7) is 10.1. The molecule has 1 aromatic heterocycles. The van der Waals surface area contributed by atoms with Crippen LogP contribution in [0.3, 0.4) is 0 Å². The van der Waals surface area contributed by atoms with Gasteiger partial charge in [0.2, 0.25) is 0 Å². The van der Waals surface area contributed by atoms with Gasteiger partial charge in [-0.3, -0.25) is 4.68 Å². The Morgan fingerprint density at radius 3 is 2.46 bits per heavy atom. The van der Waals surface area contributed by atoms with Crippen LogP contribution < -0.4 is 10.6 Å². The summed E-state index contributed by atoms with van der Waals surface area (Å²) < 4.78 is 1.69. The minimum absolute atomic E-state index is 0.104. The number of hydrogen-bond acceptors (Lipinski definition) is 4. The van der Waals surface area contributed by atoms with Crippen molar-refractivity contribution >= 4 is 5.96 Å². The normalized spacial score (nSPS) is 13.5. The molecule has 0 saturated heterocycles. The third kappa shape index (κ3) is 5.56. The summed E-state index contributed by atoms with van der Waals surface area (Å²) in [6.07, 6.45) is 0.902. The lowest BCUT2D eigenvalue weighted by molar-refractivity contribution is 0.181. The molecule has 0 amide bonds. The maximum Gasteiger partial charge on any atom is 0.191 e. The van der Waals surface area contributed by atoms with Gasteiger partial charge in [-0.15, -0.1) is 0 Å². The van der Waals surface area contributed by atoms with Crippen LogP contribution in [0, 0.1) is 0 Å². The highest BCUT2D eigenvalue weighted by molar-refractivity contribution is 5.79. The van der Waals surface area contributed by atoms with Gasteiger partial charge in [-0.05, 0) is 23.5 Å². The fraction of sp³-hybridized carbons (Fsp3) is 0.526. The molecule has 142 valence electrons. The van der Waals surface area contributed by atoms with Gasteiger partial charge in [-0.25, -0.2) is 9.98 Å². The van der Waals surface area contributed by atoms with E-state index in [2.05, 4.69) is 58.6 Å². The minimum atomic E-state index is -0.609. The average Bonchev–Trinajstić information content (AvgIpc) is 3.01. The SMILES string of the molecule is CCNC(=NCc1ncnn1C)NCC(O)c1ccc(C(C)(C)C)cc1. The van der Waals surface area contributed by atoms with E-state index in [4.69, 9.17) is 0 Å². The van der Waals surface area contributed by atoms with E-state index in [-0.39, 0.29) is 5.41 Å². The van der Waals surface area contributed by atoms with E-state index in [0.29, 0.717) is 19.0 Å². The lowest BCUT2D eigenvalue weighted by atomic mass is 9.86. The summed E-state index contributed by atoms with van der Waals surface area (Å²) in [5.41, 5.74) is 2.24.